The Hall–Kier alpha value is -3.94. The first-order chi connectivity index (χ1) is 17.0. The van der Waals surface area contributed by atoms with E-state index in [2.05, 4.69) is 21.7 Å². The van der Waals surface area contributed by atoms with Crippen molar-refractivity contribution in [3.05, 3.63) is 88.1 Å². The van der Waals surface area contributed by atoms with Crippen molar-refractivity contribution in [2.45, 2.75) is 0 Å². The molecule has 0 saturated heterocycles. The highest BCUT2D eigenvalue weighted by molar-refractivity contribution is 7.12. The molecular formula is C26H23Cl2N5O3S. The summed E-state index contributed by atoms with van der Waals surface area (Å²) in [6.07, 6.45) is 0. The van der Waals surface area contributed by atoms with Gasteiger partial charge in [-0.1, -0.05) is 36.4 Å². The van der Waals surface area contributed by atoms with Crippen molar-refractivity contribution in [3.8, 4) is 34.2 Å². The van der Waals surface area contributed by atoms with Gasteiger partial charge in [0.1, 0.15) is 17.4 Å². The summed E-state index contributed by atoms with van der Waals surface area (Å²) in [4.78, 5) is 30.6. The molecule has 5 N–H and O–H groups in total. The lowest BCUT2D eigenvalue weighted by Crippen LogP contribution is -2.29. The Balaban J connectivity index is 0.00000241. The van der Waals surface area contributed by atoms with Gasteiger partial charge in [-0.05, 0) is 41.3 Å². The van der Waals surface area contributed by atoms with E-state index in [0.29, 0.717) is 39.4 Å². The van der Waals surface area contributed by atoms with E-state index >= 15 is 0 Å². The fourth-order valence-electron chi connectivity index (χ4n) is 3.56. The molecule has 11 heteroatoms. The fraction of sp³-hybridized carbons (Fsp3) is 0.0769. The van der Waals surface area contributed by atoms with E-state index in [9.17, 15) is 20.0 Å². The molecule has 37 heavy (non-hydrogen) atoms. The number of carbonyl (C=O) groups excluding carboxylic acids is 2. The largest absolute Gasteiger partial charge is 0.507 e. The van der Waals surface area contributed by atoms with Crippen LogP contribution in [0.3, 0.4) is 0 Å². The Labute approximate surface area is 230 Å². The van der Waals surface area contributed by atoms with Crippen LogP contribution in [-0.2, 0) is 0 Å². The molecule has 2 heterocycles. The van der Waals surface area contributed by atoms with Crippen LogP contribution in [0.15, 0.2) is 72.1 Å². The highest BCUT2D eigenvalue weighted by Crippen LogP contribution is 2.36. The second kappa shape index (κ2) is 13.4. The number of hydrogen-bond acceptors (Lipinski definition) is 7. The first-order valence-corrected chi connectivity index (χ1v) is 11.6. The number of rotatable bonds is 7. The molecule has 4 aromatic rings. The third kappa shape index (κ3) is 6.44. The van der Waals surface area contributed by atoms with E-state index in [4.69, 9.17) is 5.73 Å². The fourth-order valence-corrected chi connectivity index (χ4v) is 4.18. The molecule has 0 radical (unpaired) electrons. The summed E-state index contributed by atoms with van der Waals surface area (Å²) in [5.41, 5.74) is 7.56. The zero-order valence-corrected chi connectivity index (χ0v) is 21.8. The predicted molar refractivity (Wildman–Crippen MR) is 150 cm³/mol. The number of thiophene rings is 1. The number of hydrogen-bond donors (Lipinski definition) is 4. The monoisotopic (exact) mass is 555 g/mol. The SMILES string of the molecule is Cl.Cl.N#Cc1c(-c2ccccc2C(=O)NCCN)cc(-c2ccccc2O)nc1NC(=O)c1cccs1. The minimum Gasteiger partial charge on any atom is -0.507 e. The van der Waals surface area contributed by atoms with Crippen molar-refractivity contribution in [3.63, 3.8) is 0 Å². The van der Waals surface area contributed by atoms with Crippen LogP contribution in [-0.4, -0.2) is 35.0 Å². The van der Waals surface area contributed by atoms with Crippen LogP contribution in [0.1, 0.15) is 25.6 Å². The number of aromatic hydroxyl groups is 1. The van der Waals surface area contributed by atoms with Gasteiger partial charge in [-0.15, -0.1) is 36.2 Å². The van der Waals surface area contributed by atoms with Gasteiger partial charge >= 0.3 is 0 Å². The highest BCUT2D eigenvalue weighted by Gasteiger charge is 2.22. The Kier molecular flexibility index (Phi) is 10.6. The van der Waals surface area contributed by atoms with Crippen LogP contribution in [0, 0.1) is 11.3 Å². The Bertz CT molecular complexity index is 1440. The highest BCUT2D eigenvalue weighted by atomic mass is 35.5. The van der Waals surface area contributed by atoms with E-state index in [1.54, 1.807) is 66.0 Å². The number of pyridine rings is 1. The number of para-hydroxylation sites is 1. The summed E-state index contributed by atoms with van der Waals surface area (Å²) in [5, 5.41) is 27.8. The van der Waals surface area contributed by atoms with E-state index in [1.165, 1.54) is 17.4 Å². The molecule has 2 aromatic heterocycles. The minimum absolute atomic E-state index is 0. The summed E-state index contributed by atoms with van der Waals surface area (Å²) >= 11 is 1.26. The van der Waals surface area contributed by atoms with Gasteiger partial charge < -0.3 is 21.5 Å². The summed E-state index contributed by atoms with van der Waals surface area (Å²) in [7, 11) is 0. The van der Waals surface area contributed by atoms with Crippen LogP contribution in [0.2, 0.25) is 0 Å². The van der Waals surface area contributed by atoms with Gasteiger partial charge in [0.05, 0.1) is 10.6 Å². The van der Waals surface area contributed by atoms with Crippen molar-refractivity contribution in [1.82, 2.24) is 10.3 Å². The Morgan fingerprint density at radius 1 is 0.973 bits per heavy atom. The van der Waals surface area contributed by atoms with E-state index in [1.807, 2.05) is 0 Å². The summed E-state index contributed by atoms with van der Waals surface area (Å²) in [6, 6.07) is 20.6. The molecule has 190 valence electrons. The van der Waals surface area contributed by atoms with E-state index in [-0.39, 0.29) is 54.4 Å². The number of nitrogens with one attached hydrogen (secondary N) is 2. The van der Waals surface area contributed by atoms with Crippen LogP contribution < -0.4 is 16.4 Å². The maximum absolute atomic E-state index is 12.9. The summed E-state index contributed by atoms with van der Waals surface area (Å²) < 4.78 is 0. The number of nitriles is 1. The van der Waals surface area contributed by atoms with Gasteiger partial charge in [0, 0.05) is 29.8 Å². The van der Waals surface area contributed by atoms with Crippen molar-refractivity contribution in [2.24, 2.45) is 5.73 Å². The minimum atomic E-state index is -0.418. The number of benzene rings is 2. The third-order valence-corrected chi connectivity index (χ3v) is 6.05. The standard InChI is InChI=1S/C26H21N5O3S.2ClH/c27-11-12-29-25(33)17-7-2-1-6-16(17)19-14-21(18-8-3-4-9-22(18)32)30-24(20(19)15-28)31-26(34)23-10-5-13-35-23;;/h1-10,13-14,32H,11-12,27H2,(H,29,33)(H,30,31,34);2*1H. The van der Waals surface area contributed by atoms with E-state index < -0.39 is 5.91 Å². The second-order valence-corrected chi connectivity index (χ2v) is 8.38. The quantitative estimate of drug-likeness (QED) is 0.257. The molecule has 0 aliphatic carbocycles. The molecular weight excluding hydrogens is 533 g/mol. The predicted octanol–water partition coefficient (Wildman–Crippen LogP) is 4.84. The number of aromatic nitrogens is 1. The smallest absolute Gasteiger partial charge is 0.266 e. The second-order valence-electron chi connectivity index (χ2n) is 7.43. The number of carbonyl (C=O) groups is 2. The third-order valence-electron chi connectivity index (χ3n) is 5.18. The molecule has 0 saturated carbocycles. The first kappa shape index (κ1) is 29.3. The van der Waals surface area contributed by atoms with Gasteiger partial charge in [0.25, 0.3) is 11.8 Å². The molecule has 8 nitrogen and oxygen atoms in total. The lowest BCUT2D eigenvalue weighted by molar-refractivity contribution is 0.0954. The average molecular weight is 556 g/mol. The van der Waals surface area contributed by atoms with Crippen LogP contribution in [0.4, 0.5) is 5.82 Å². The van der Waals surface area contributed by atoms with Crippen molar-refractivity contribution >= 4 is 53.8 Å². The summed E-state index contributed by atoms with van der Waals surface area (Å²) in [5.74, 6) is -0.752. The molecule has 0 bridgehead atoms. The molecule has 0 unspecified atom stereocenters. The molecule has 0 aliphatic rings. The normalized spacial score (nSPS) is 9.84. The number of phenolic OH excluding ortho intramolecular Hbond substituents is 1. The molecule has 2 amide bonds. The van der Waals surface area contributed by atoms with Gasteiger partial charge in [-0.3, -0.25) is 9.59 Å². The maximum Gasteiger partial charge on any atom is 0.266 e. The molecule has 0 aliphatic heterocycles. The molecule has 4 rings (SSSR count). The van der Waals surface area contributed by atoms with Crippen molar-refractivity contribution < 1.29 is 14.7 Å². The van der Waals surface area contributed by atoms with E-state index in [0.717, 1.165) is 0 Å². The molecule has 0 atom stereocenters. The maximum atomic E-state index is 12.9. The van der Waals surface area contributed by atoms with Crippen molar-refractivity contribution in [1.29, 1.82) is 5.26 Å². The van der Waals surface area contributed by atoms with Gasteiger partial charge in [0.15, 0.2) is 5.82 Å². The molecule has 2 aromatic carbocycles. The number of phenols is 1. The number of nitrogens with two attached hydrogens (primary N) is 1. The van der Waals surface area contributed by atoms with Crippen LogP contribution in [0.25, 0.3) is 22.4 Å². The Morgan fingerprint density at radius 2 is 1.68 bits per heavy atom. The lowest BCUT2D eigenvalue weighted by atomic mass is 9.94. The zero-order chi connectivity index (χ0) is 24.8. The molecule has 0 fully saturated rings. The average Bonchev–Trinajstić information content (AvgIpc) is 3.42. The van der Waals surface area contributed by atoms with Crippen molar-refractivity contribution in [2.75, 3.05) is 18.4 Å². The lowest BCUT2D eigenvalue weighted by Gasteiger charge is -2.16. The Morgan fingerprint density at radius 3 is 2.32 bits per heavy atom. The topological polar surface area (TPSA) is 141 Å². The number of amides is 2. The number of anilines is 1. The number of halogens is 2. The van der Waals surface area contributed by atoms with Gasteiger partial charge in [-0.2, -0.15) is 5.26 Å². The van der Waals surface area contributed by atoms with Crippen LogP contribution in [0.5, 0.6) is 5.75 Å². The summed E-state index contributed by atoms with van der Waals surface area (Å²) in [6.45, 7) is 0.572. The zero-order valence-electron chi connectivity index (χ0n) is 19.3. The first-order valence-electron chi connectivity index (χ1n) is 10.7. The van der Waals surface area contributed by atoms with Gasteiger partial charge in [-0.25, -0.2) is 4.98 Å². The number of nitrogens with zero attached hydrogens (tertiary/aromatic N) is 2. The van der Waals surface area contributed by atoms with Crippen LogP contribution >= 0.6 is 36.2 Å². The molecule has 0 spiro atoms. The van der Waals surface area contributed by atoms with Gasteiger partial charge in [0.2, 0.25) is 0 Å².